The highest BCUT2D eigenvalue weighted by atomic mass is 15.5. The van der Waals surface area contributed by atoms with Crippen LogP contribution in [-0.4, -0.2) is 31.3 Å². The van der Waals surface area contributed by atoms with E-state index in [0.717, 1.165) is 12.8 Å². The summed E-state index contributed by atoms with van der Waals surface area (Å²) in [5, 5.41) is 15.5. The minimum Gasteiger partial charge on any atom is -0.358 e. The van der Waals surface area contributed by atoms with Crippen LogP contribution in [0.5, 0.6) is 0 Å². The Hall–Kier alpha value is -1.06. The zero-order valence-corrected chi connectivity index (χ0v) is 7.39. The third-order valence-corrected chi connectivity index (χ3v) is 1.23. The summed E-state index contributed by atoms with van der Waals surface area (Å²) in [6, 6.07) is 0. The molecular formula is C7H16N4. The lowest BCUT2D eigenvalue weighted by atomic mass is 10.4. The molecule has 0 unspecified atom stereocenters. The fourth-order valence-corrected chi connectivity index (χ4v) is 0.529. The van der Waals surface area contributed by atoms with E-state index < -0.39 is 0 Å². The quantitative estimate of drug-likeness (QED) is 0.362. The second-order valence-corrected chi connectivity index (χ2v) is 2.21. The molecule has 0 spiro atoms. The summed E-state index contributed by atoms with van der Waals surface area (Å²) in [6.45, 7) is 2.09. The van der Waals surface area contributed by atoms with Gasteiger partial charge in [-0.2, -0.15) is 5.10 Å². The Morgan fingerprint density at radius 3 is 2.82 bits per heavy atom. The molecule has 4 nitrogen and oxygen atoms in total. The highest BCUT2D eigenvalue weighted by Crippen LogP contribution is 1.85. The summed E-state index contributed by atoms with van der Waals surface area (Å²) >= 11 is 0. The van der Waals surface area contributed by atoms with Gasteiger partial charge in [0, 0.05) is 20.3 Å². The fourth-order valence-electron chi connectivity index (χ4n) is 0.529. The van der Waals surface area contributed by atoms with Crippen LogP contribution in [0.15, 0.2) is 5.10 Å². The van der Waals surface area contributed by atoms with Crippen molar-refractivity contribution >= 4 is 12.2 Å². The van der Waals surface area contributed by atoms with E-state index in [1.54, 1.807) is 14.1 Å². The van der Waals surface area contributed by atoms with E-state index in [1.807, 2.05) is 6.21 Å². The Morgan fingerprint density at radius 2 is 2.36 bits per heavy atom. The minimum atomic E-state index is 0.303. The molecule has 0 saturated heterocycles. The van der Waals surface area contributed by atoms with Crippen LogP contribution in [-0.2, 0) is 0 Å². The summed E-state index contributed by atoms with van der Waals surface area (Å²) < 4.78 is 0. The number of hydrogen-bond donors (Lipinski definition) is 2. The Kier molecular flexibility index (Phi) is 5.15. The Balaban J connectivity index is 3.66. The maximum atomic E-state index is 7.28. The van der Waals surface area contributed by atoms with Crippen LogP contribution in [0, 0.1) is 5.41 Å². The molecule has 2 N–H and O–H groups in total. The van der Waals surface area contributed by atoms with E-state index in [2.05, 4.69) is 17.3 Å². The van der Waals surface area contributed by atoms with Crippen molar-refractivity contribution in [3.8, 4) is 0 Å². The van der Waals surface area contributed by atoms with Gasteiger partial charge in [-0.1, -0.05) is 13.3 Å². The van der Waals surface area contributed by atoms with Gasteiger partial charge in [0.15, 0.2) is 0 Å². The molecule has 0 aliphatic rings. The van der Waals surface area contributed by atoms with Crippen molar-refractivity contribution in [1.29, 1.82) is 5.41 Å². The third-order valence-electron chi connectivity index (χ3n) is 1.23. The maximum Gasteiger partial charge on any atom is 0.211 e. The van der Waals surface area contributed by atoms with E-state index in [-0.39, 0.29) is 0 Å². The van der Waals surface area contributed by atoms with Crippen molar-refractivity contribution in [3.63, 3.8) is 0 Å². The molecular weight excluding hydrogens is 140 g/mol. The molecule has 4 heteroatoms. The van der Waals surface area contributed by atoms with E-state index in [1.165, 1.54) is 5.01 Å². The molecule has 0 aliphatic heterocycles. The van der Waals surface area contributed by atoms with Gasteiger partial charge < -0.3 is 5.32 Å². The first-order chi connectivity index (χ1) is 5.22. The van der Waals surface area contributed by atoms with Crippen LogP contribution in [0.4, 0.5) is 0 Å². The SMILES string of the molecule is CCCC=NN(C)C(=N)NC. The van der Waals surface area contributed by atoms with Crippen molar-refractivity contribution in [2.75, 3.05) is 14.1 Å². The summed E-state index contributed by atoms with van der Waals surface area (Å²) in [7, 11) is 3.44. The number of hydrogen-bond acceptors (Lipinski definition) is 2. The van der Waals surface area contributed by atoms with E-state index >= 15 is 0 Å². The lowest BCUT2D eigenvalue weighted by molar-refractivity contribution is 0.521. The molecule has 64 valence electrons. The predicted octanol–water partition coefficient (Wildman–Crippen LogP) is 0.858. The van der Waals surface area contributed by atoms with Crippen LogP contribution >= 0.6 is 0 Å². The molecule has 0 amide bonds. The van der Waals surface area contributed by atoms with E-state index in [9.17, 15) is 0 Å². The largest absolute Gasteiger partial charge is 0.358 e. The normalized spacial score (nSPS) is 10.1. The molecule has 0 heterocycles. The fraction of sp³-hybridized carbons (Fsp3) is 0.714. The van der Waals surface area contributed by atoms with Gasteiger partial charge in [0.05, 0.1) is 0 Å². The Labute approximate surface area is 67.8 Å². The number of hydrazone groups is 1. The van der Waals surface area contributed by atoms with Crippen LogP contribution < -0.4 is 5.32 Å². The van der Waals surface area contributed by atoms with Crippen LogP contribution in [0.2, 0.25) is 0 Å². The molecule has 0 aromatic carbocycles. The molecule has 0 rings (SSSR count). The second kappa shape index (κ2) is 5.70. The Bertz CT molecular complexity index is 141. The van der Waals surface area contributed by atoms with E-state index in [0.29, 0.717) is 5.96 Å². The maximum absolute atomic E-state index is 7.28. The number of rotatable bonds is 3. The number of guanidine groups is 1. The van der Waals surface area contributed by atoms with Crippen LogP contribution in [0.1, 0.15) is 19.8 Å². The minimum absolute atomic E-state index is 0.303. The summed E-state index contributed by atoms with van der Waals surface area (Å²) in [6.07, 6.45) is 3.86. The van der Waals surface area contributed by atoms with Crippen molar-refractivity contribution < 1.29 is 0 Å². The van der Waals surface area contributed by atoms with Gasteiger partial charge >= 0.3 is 0 Å². The molecule has 0 saturated carbocycles. The molecule has 0 radical (unpaired) electrons. The molecule has 0 fully saturated rings. The van der Waals surface area contributed by atoms with Gasteiger partial charge in [-0.05, 0) is 6.42 Å². The number of nitrogens with zero attached hydrogens (tertiary/aromatic N) is 2. The average molecular weight is 156 g/mol. The summed E-state index contributed by atoms with van der Waals surface area (Å²) in [5.41, 5.74) is 0. The smallest absolute Gasteiger partial charge is 0.211 e. The number of unbranched alkanes of at least 4 members (excludes halogenated alkanes) is 1. The molecule has 0 aliphatic carbocycles. The Morgan fingerprint density at radius 1 is 1.73 bits per heavy atom. The van der Waals surface area contributed by atoms with Gasteiger partial charge in [-0.3, -0.25) is 5.41 Å². The summed E-state index contributed by atoms with van der Waals surface area (Å²) in [5.74, 6) is 0.303. The van der Waals surface area contributed by atoms with Crippen molar-refractivity contribution in [2.24, 2.45) is 5.10 Å². The van der Waals surface area contributed by atoms with Crippen molar-refractivity contribution in [2.45, 2.75) is 19.8 Å². The van der Waals surface area contributed by atoms with Crippen LogP contribution in [0.3, 0.4) is 0 Å². The van der Waals surface area contributed by atoms with Gasteiger partial charge in [0.2, 0.25) is 5.96 Å². The highest BCUT2D eigenvalue weighted by Gasteiger charge is 1.95. The third kappa shape index (κ3) is 4.36. The number of nitrogens with one attached hydrogen (secondary N) is 2. The lowest BCUT2D eigenvalue weighted by Gasteiger charge is -2.11. The first-order valence-corrected chi connectivity index (χ1v) is 3.74. The zero-order valence-electron chi connectivity index (χ0n) is 7.39. The highest BCUT2D eigenvalue weighted by molar-refractivity contribution is 5.76. The van der Waals surface area contributed by atoms with Crippen molar-refractivity contribution in [3.05, 3.63) is 0 Å². The monoisotopic (exact) mass is 156 g/mol. The van der Waals surface area contributed by atoms with Gasteiger partial charge in [0.1, 0.15) is 0 Å². The zero-order chi connectivity index (χ0) is 8.69. The van der Waals surface area contributed by atoms with Gasteiger partial charge in [-0.15, -0.1) is 0 Å². The van der Waals surface area contributed by atoms with Gasteiger partial charge in [0.25, 0.3) is 0 Å². The first kappa shape index (κ1) is 9.94. The van der Waals surface area contributed by atoms with Gasteiger partial charge in [-0.25, -0.2) is 5.01 Å². The lowest BCUT2D eigenvalue weighted by Crippen LogP contribution is -2.31. The molecule has 11 heavy (non-hydrogen) atoms. The first-order valence-electron chi connectivity index (χ1n) is 3.74. The van der Waals surface area contributed by atoms with Crippen molar-refractivity contribution in [1.82, 2.24) is 10.3 Å². The standard InChI is InChI=1S/C7H16N4/c1-4-5-6-10-11(3)7(8)9-2/h6H,4-5H2,1-3H3,(H2,8,9). The topological polar surface area (TPSA) is 51.5 Å². The second-order valence-electron chi connectivity index (χ2n) is 2.21. The predicted molar refractivity (Wildman–Crippen MR) is 47.9 cm³/mol. The molecule has 0 atom stereocenters. The summed E-state index contributed by atoms with van der Waals surface area (Å²) in [4.78, 5) is 0. The molecule has 0 aromatic heterocycles. The molecule has 0 aromatic rings. The average Bonchev–Trinajstić information content (AvgIpc) is 2.03. The van der Waals surface area contributed by atoms with Crippen LogP contribution in [0.25, 0.3) is 0 Å². The van der Waals surface area contributed by atoms with E-state index in [4.69, 9.17) is 5.41 Å². The molecule has 0 bridgehead atoms.